The SMILES string of the molecule is CCC1=NCCN1CC(=O)O. The third kappa shape index (κ3) is 1.93. The topological polar surface area (TPSA) is 52.9 Å². The predicted molar refractivity (Wildman–Crippen MR) is 41.8 cm³/mol. The summed E-state index contributed by atoms with van der Waals surface area (Å²) in [6.45, 7) is 3.58. The summed E-state index contributed by atoms with van der Waals surface area (Å²) in [5, 5.41) is 8.49. The number of carboxylic acid groups (broad SMARTS) is 1. The Morgan fingerprint density at radius 3 is 3.09 bits per heavy atom. The van der Waals surface area contributed by atoms with Crippen molar-refractivity contribution < 1.29 is 9.90 Å². The molecule has 0 amide bonds. The highest BCUT2D eigenvalue weighted by atomic mass is 16.4. The number of aliphatic imine (C=N–C) groups is 1. The van der Waals surface area contributed by atoms with Gasteiger partial charge in [-0.2, -0.15) is 0 Å². The van der Waals surface area contributed by atoms with E-state index in [1.54, 1.807) is 0 Å². The molecule has 1 heterocycles. The van der Waals surface area contributed by atoms with Crippen LogP contribution in [0, 0.1) is 0 Å². The van der Waals surface area contributed by atoms with Crippen LogP contribution in [-0.2, 0) is 4.79 Å². The van der Waals surface area contributed by atoms with Gasteiger partial charge in [-0.05, 0) is 0 Å². The van der Waals surface area contributed by atoms with Crippen LogP contribution in [0.4, 0.5) is 0 Å². The van der Waals surface area contributed by atoms with E-state index in [0.717, 1.165) is 25.3 Å². The summed E-state index contributed by atoms with van der Waals surface area (Å²) in [6.07, 6.45) is 0.827. The van der Waals surface area contributed by atoms with Crippen molar-refractivity contribution in [1.29, 1.82) is 0 Å². The minimum absolute atomic E-state index is 0.0900. The Morgan fingerprint density at radius 2 is 2.55 bits per heavy atom. The summed E-state index contributed by atoms with van der Waals surface area (Å²) < 4.78 is 0. The first-order valence-electron chi connectivity index (χ1n) is 3.74. The molecule has 0 atom stereocenters. The van der Waals surface area contributed by atoms with Crippen LogP contribution >= 0.6 is 0 Å². The Morgan fingerprint density at radius 1 is 1.82 bits per heavy atom. The van der Waals surface area contributed by atoms with Gasteiger partial charge in [-0.1, -0.05) is 6.92 Å². The average molecular weight is 156 g/mol. The van der Waals surface area contributed by atoms with Crippen LogP contribution in [-0.4, -0.2) is 41.4 Å². The normalized spacial score (nSPS) is 16.8. The molecule has 0 unspecified atom stereocenters. The Hall–Kier alpha value is -1.06. The number of hydrogen-bond donors (Lipinski definition) is 1. The summed E-state index contributed by atoms with van der Waals surface area (Å²) in [6, 6.07) is 0. The minimum Gasteiger partial charge on any atom is -0.480 e. The van der Waals surface area contributed by atoms with Gasteiger partial charge in [-0.3, -0.25) is 9.79 Å². The second-order valence-corrected chi connectivity index (χ2v) is 2.47. The van der Waals surface area contributed by atoms with Crippen molar-refractivity contribution in [2.75, 3.05) is 19.6 Å². The molecule has 0 radical (unpaired) electrons. The Balaban J connectivity index is 2.46. The van der Waals surface area contributed by atoms with Crippen molar-refractivity contribution in [2.45, 2.75) is 13.3 Å². The van der Waals surface area contributed by atoms with Crippen LogP contribution in [0.3, 0.4) is 0 Å². The van der Waals surface area contributed by atoms with Crippen molar-refractivity contribution in [3.63, 3.8) is 0 Å². The first kappa shape index (κ1) is 8.04. The molecular formula is C7H12N2O2. The Labute approximate surface area is 65.5 Å². The molecule has 0 saturated carbocycles. The molecule has 62 valence electrons. The van der Waals surface area contributed by atoms with Gasteiger partial charge in [-0.15, -0.1) is 0 Å². The smallest absolute Gasteiger partial charge is 0.323 e. The summed E-state index contributed by atoms with van der Waals surface area (Å²) >= 11 is 0. The molecule has 1 aliphatic rings. The zero-order valence-electron chi connectivity index (χ0n) is 6.58. The van der Waals surface area contributed by atoms with Crippen molar-refractivity contribution in [1.82, 2.24) is 4.90 Å². The summed E-state index contributed by atoms with van der Waals surface area (Å²) in [7, 11) is 0. The molecule has 4 nitrogen and oxygen atoms in total. The lowest BCUT2D eigenvalue weighted by molar-refractivity contribution is -0.137. The number of amidine groups is 1. The van der Waals surface area contributed by atoms with E-state index >= 15 is 0 Å². The molecule has 0 saturated heterocycles. The molecule has 0 spiro atoms. The Bertz CT molecular complexity index is 189. The highest BCUT2D eigenvalue weighted by Crippen LogP contribution is 2.03. The van der Waals surface area contributed by atoms with E-state index < -0.39 is 5.97 Å². The number of hydrogen-bond acceptors (Lipinski definition) is 3. The minimum atomic E-state index is -0.784. The van der Waals surface area contributed by atoms with Crippen LogP contribution < -0.4 is 0 Å². The van der Waals surface area contributed by atoms with Crippen molar-refractivity contribution in [2.24, 2.45) is 4.99 Å². The maximum absolute atomic E-state index is 10.3. The van der Waals surface area contributed by atoms with Gasteiger partial charge in [0, 0.05) is 13.0 Å². The zero-order chi connectivity index (χ0) is 8.27. The van der Waals surface area contributed by atoms with E-state index in [4.69, 9.17) is 5.11 Å². The molecule has 0 aromatic heterocycles. The molecule has 4 heteroatoms. The zero-order valence-corrected chi connectivity index (χ0v) is 6.58. The van der Waals surface area contributed by atoms with Crippen LogP contribution in [0.1, 0.15) is 13.3 Å². The monoisotopic (exact) mass is 156 g/mol. The summed E-state index contributed by atoms with van der Waals surface area (Å²) in [5.74, 6) is 0.139. The molecule has 0 bridgehead atoms. The maximum atomic E-state index is 10.3. The number of carbonyl (C=O) groups is 1. The number of aliphatic carboxylic acids is 1. The van der Waals surface area contributed by atoms with Gasteiger partial charge in [0.15, 0.2) is 0 Å². The van der Waals surface area contributed by atoms with Gasteiger partial charge in [0.05, 0.1) is 12.4 Å². The first-order valence-corrected chi connectivity index (χ1v) is 3.74. The van der Waals surface area contributed by atoms with E-state index in [0.29, 0.717) is 0 Å². The molecule has 11 heavy (non-hydrogen) atoms. The molecule has 0 fully saturated rings. The maximum Gasteiger partial charge on any atom is 0.323 e. The fourth-order valence-electron chi connectivity index (χ4n) is 1.20. The first-order chi connectivity index (χ1) is 5.24. The van der Waals surface area contributed by atoms with Crippen LogP contribution in [0.25, 0.3) is 0 Å². The standard InChI is InChI=1S/C7H12N2O2/c1-2-6-8-3-4-9(6)5-7(10)11/h2-5H2,1H3,(H,10,11). The summed E-state index contributed by atoms with van der Waals surface area (Å²) in [4.78, 5) is 16.3. The average Bonchev–Trinajstić information content (AvgIpc) is 2.34. The third-order valence-corrected chi connectivity index (χ3v) is 1.67. The van der Waals surface area contributed by atoms with Crippen LogP contribution in [0.15, 0.2) is 4.99 Å². The third-order valence-electron chi connectivity index (χ3n) is 1.67. The number of carboxylic acids is 1. The lowest BCUT2D eigenvalue weighted by atomic mass is 10.4. The van der Waals surface area contributed by atoms with Gasteiger partial charge in [0.25, 0.3) is 0 Å². The molecule has 1 N–H and O–H groups in total. The van der Waals surface area contributed by atoms with E-state index in [2.05, 4.69) is 4.99 Å². The fraction of sp³-hybridized carbons (Fsp3) is 0.714. The van der Waals surface area contributed by atoms with Crippen LogP contribution in [0.2, 0.25) is 0 Å². The van der Waals surface area contributed by atoms with Gasteiger partial charge < -0.3 is 10.0 Å². The van der Waals surface area contributed by atoms with Crippen molar-refractivity contribution in [3.8, 4) is 0 Å². The van der Waals surface area contributed by atoms with Gasteiger partial charge in [0.1, 0.15) is 6.54 Å². The quantitative estimate of drug-likeness (QED) is 0.634. The van der Waals surface area contributed by atoms with E-state index in [1.165, 1.54) is 0 Å². The van der Waals surface area contributed by atoms with Gasteiger partial charge >= 0.3 is 5.97 Å². The lowest BCUT2D eigenvalue weighted by Gasteiger charge is -2.15. The Kier molecular flexibility index (Phi) is 2.46. The lowest BCUT2D eigenvalue weighted by Crippen LogP contribution is -2.32. The summed E-state index contributed by atoms with van der Waals surface area (Å²) in [5.41, 5.74) is 0. The van der Waals surface area contributed by atoms with Crippen LogP contribution in [0.5, 0.6) is 0 Å². The van der Waals surface area contributed by atoms with E-state index in [9.17, 15) is 4.79 Å². The molecule has 0 aromatic carbocycles. The highest BCUT2D eigenvalue weighted by Gasteiger charge is 2.16. The predicted octanol–water partition coefficient (Wildman–Crippen LogP) is 0.195. The molecule has 0 aromatic rings. The number of rotatable bonds is 3. The van der Waals surface area contributed by atoms with Crippen molar-refractivity contribution >= 4 is 11.8 Å². The molecule has 0 aliphatic carbocycles. The fourth-order valence-corrected chi connectivity index (χ4v) is 1.20. The number of nitrogens with zero attached hydrogens (tertiary/aromatic N) is 2. The highest BCUT2D eigenvalue weighted by molar-refractivity contribution is 5.86. The van der Waals surface area contributed by atoms with E-state index in [-0.39, 0.29) is 6.54 Å². The van der Waals surface area contributed by atoms with E-state index in [1.807, 2.05) is 11.8 Å². The second kappa shape index (κ2) is 3.37. The molecule has 1 aliphatic heterocycles. The molecule has 1 rings (SSSR count). The van der Waals surface area contributed by atoms with Gasteiger partial charge in [-0.25, -0.2) is 0 Å². The van der Waals surface area contributed by atoms with Crippen molar-refractivity contribution in [3.05, 3.63) is 0 Å². The second-order valence-electron chi connectivity index (χ2n) is 2.47. The molecular weight excluding hydrogens is 144 g/mol. The van der Waals surface area contributed by atoms with Gasteiger partial charge in [0.2, 0.25) is 0 Å². The largest absolute Gasteiger partial charge is 0.480 e.